The summed E-state index contributed by atoms with van der Waals surface area (Å²) in [5, 5.41) is 15.1. The molecule has 0 aliphatic carbocycles. The summed E-state index contributed by atoms with van der Waals surface area (Å²) in [5.41, 5.74) is -0.635. The van der Waals surface area contributed by atoms with E-state index < -0.39 is 17.4 Å². The Morgan fingerprint density at radius 3 is 2.68 bits per heavy atom. The summed E-state index contributed by atoms with van der Waals surface area (Å²) in [7, 11) is 0. The molecule has 1 aromatic heterocycles. The van der Waals surface area contributed by atoms with E-state index in [-0.39, 0.29) is 19.9 Å². The van der Waals surface area contributed by atoms with Crippen molar-refractivity contribution in [2.45, 2.75) is 19.1 Å². The van der Waals surface area contributed by atoms with E-state index in [9.17, 15) is 14.7 Å². The first-order chi connectivity index (χ1) is 12.0. The average molecular weight is 346 g/mol. The van der Waals surface area contributed by atoms with Crippen LogP contribution in [-0.2, 0) is 21.7 Å². The number of benzene rings is 1. The largest absolute Gasteiger partial charge is 0.466 e. The number of hydrogen-bond donors (Lipinski definition) is 3. The number of furan rings is 1. The van der Waals surface area contributed by atoms with E-state index in [2.05, 4.69) is 10.6 Å². The lowest BCUT2D eigenvalue weighted by atomic mass is 10.0. The van der Waals surface area contributed by atoms with Crippen LogP contribution in [0.2, 0.25) is 0 Å². The van der Waals surface area contributed by atoms with Gasteiger partial charge in [0.25, 0.3) is 0 Å². The zero-order valence-electron chi connectivity index (χ0n) is 13.6. The van der Waals surface area contributed by atoms with Crippen LogP contribution in [0.4, 0.5) is 0 Å². The number of aliphatic hydroxyl groups is 1. The Kier molecular flexibility index (Phi) is 4.62. The second-order valence-corrected chi connectivity index (χ2v) is 5.80. The molecular weight excluding hydrogens is 328 g/mol. The topological polar surface area (TPSA) is 110 Å². The van der Waals surface area contributed by atoms with Crippen molar-refractivity contribution >= 4 is 11.8 Å². The second-order valence-electron chi connectivity index (χ2n) is 5.80. The molecular formula is C17H18N2O6. The highest BCUT2D eigenvalue weighted by Gasteiger charge is 2.28. The lowest BCUT2D eigenvalue weighted by molar-refractivity contribution is -0.140. The van der Waals surface area contributed by atoms with Crippen molar-refractivity contribution in [2.24, 2.45) is 0 Å². The van der Waals surface area contributed by atoms with Gasteiger partial charge >= 0.3 is 11.8 Å². The molecule has 1 atom stereocenters. The zero-order chi connectivity index (χ0) is 17.9. The lowest BCUT2D eigenvalue weighted by Crippen LogP contribution is -2.45. The van der Waals surface area contributed by atoms with Crippen LogP contribution in [0.5, 0.6) is 11.5 Å². The molecule has 1 unspecified atom stereocenters. The molecule has 8 nitrogen and oxygen atoms in total. The van der Waals surface area contributed by atoms with Gasteiger partial charge in [0.05, 0.1) is 12.8 Å². The number of fused-ring (bicyclic) bond motifs is 1. The van der Waals surface area contributed by atoms with Gasteiger partial charge in [-0.05, 0) is 36.8 Å². The predicted octanol–water partition coefficient (Wildman–Crippen LogP) is 0.648. The summed E-state index contributed by atoms with van der Waals surface area (Å²) in [5.74, 6) is -0.0901. The number of carbonyl (C=O) groups is 2. The van der Waals surface area contributed by atoms with Crippen molar-refractivity contribution in [3.8, 4) is 11.5 Å². The Hall–Kier alpha value is -3.00. The standard InChI is InChI=1S/C17H18N2O6/c1-17(22,14-3-2-6-23-14)9-19-16(21)15(20)18-8-11-4-5-12-13(7-11)25-10-24-12/h2-7,22H,8-10H2,1H3,(H,18,20)(H,19,21). The molecule has 8 heteroatoms. The fraction of sp³-hybridized carbons (Fsp3) is 0.294. The third-order valence-corrected chi connectivity index (χ3v) is 3.74. The Morgan fingerprint density at radius 2 is 1.92 bits per heavy atom. The number of nitrogens with one attached hydrogen (secondary N) is 2. The molecule has 3 N–H and O–H groups in total. The van der Waals surface area contributed by atoms with E-state index >= 15 is 0 Å². The fourth-order valence-corrected chi connectivity index (χ4v) is 2.32. The number of hydrogen-bond acceptors (Lipinski definition) is 6. The van der Waals surface area contributed by atoms with Crippen molar-refractivity contribution in [1.82, 2.24) is 10.6 Å². The van der Waals surface area contributed by atoms with E-state index in [1.807, 2.05) is 0 Å². The first-order valence-electron chi connectivity index (χ1n) is 7.66. The molecule has 0 radical (unpaired) electrons. The van der Waals surface area contributed by atoms with Gasteiger partial charge in [0.1, 0.15) is 11.4 Å². The third kappa shape index (κ3) is 3.92. The van der Waals surface area contributed by atoms with Gasteiger partial charge < -0.3 is 29.6 Å². The fourth-order valence-electron chi connectivity index (χ4n) is 2.32. The molecule has 2 heterocycles. The molecule has 0 bridgehead atoms. The van der Waals surface area contributed by atoms with Crippen LogP contribution in [0.3, 0.4) is 0 Å². The van der Waals surface area contributed by atoms with Gasteiger partial charge in [-0.25, -0.2) is 0 Å². The number of carbonyl (C=O) groups excluding carboxylic acids is 2. The van der Waals surface area contributed by atoms with Crippen LogP contribution in [0, 0.1) is 0 Å². The first-order valence-corrected chi connectivity index (χ1v) is 7.66. The molecule has 3 rings (SSSR count). The van der Waals surface area contributed by atoms with E-state index in [0.29, 0.717) is 17.3 Å². The third-order valence-electron chi connectivity index (χ3n) is 3.74. The second kappa shape index (κ2) is 6.86. The molecule has 1 aliphatic rings. The number of rotatable bonds is 5. The summed E-state index contributed by atoms with van der Waals surface area (Å²) in [4.78, 5) is 23.7. The maximum atomic E-state index is 11.9. The van der Waals surface area contributed by atoms with Crippen molar-refractivity contribution in [1.29, 1.82) is 0 Å². The van der Waals surface area contributed by atoms with E-state index in [0.717, 1.165) is 5.56 Å². The average Bonchev–Trinajstić information content (AvgIpc) is 3.28. The molecule has 1 aromatic carbocycles. The van der Waals surface area contributed by atoms with Crippen LogP contribution in [0.15, 0.2) is 41.0 Å². The van der Waals surface area contributed by atoms with Crippen molar-refractivity contribution in [3.05, 3.63) is 47.9 Å². The van der Waals surface area contributed by atoms with Crippen LogP contribution in [0.1, 0.15) is 18.2 Å². The van der Waals surface area contributed by atoms with Crippen molar-refractivity contribution in [3.63, 3.8) is 0 Å². The summed E-state index contributed by atoms with van der Waals surface area (Å²) in [6.45, 7) is 1.66. The molecule has 0 saturated heterocycles. The van der Waals surface area contributed by atoms with Gasteiger partial charge in [0.2, 0.25) is 6.79 Å². The van der Waals surface area contributed by atoms with Gasteiger partial charge in [0, 0.05) is 6.54 Å². The number of ether oxygens (including phenoxy) is 2. The monoisotopic (exact) mass is 346 g/mol. The Labute approximate surface area is 143 Å². The number of amides is 2. The minimum atomic E-state index is -1.41. The van der Waals surface area contributed by atoms with Crippen molar-refractivity contribution < 1.29 is 28.6 Å². The van der Waals surface area contributed by atoms with Gasteiger partial charge in [-0.15, -0.1) is 0 Å². The highest BCUT2D eigenvalue weighted by Crippen LogP contribution is 2.32. The van der Waals surface area contributed by atoms with E-state index in [1.165, 1.54) is 13.2 Å². The minimum Gasteiger partial charge on any atom is -0.466 e. The normalized spacial score (nSPS) is 14.6. The van der Waals surface area contributed by atoms with Crippen LogP contribution in [0.25, 0.3) is 0 Å². The van der Waals surface area contributed by atoms with E-state index in [4.69, 9.17) is 13.9 Å². The Bertz CT molecular complexity index is 769. The van der Waals surface area contributed by atoms with Crippen LogP contribution in [-0.4, -0.2) is 30.3 Å². The summed E-state index contributed by atoms with van der Waals surface area (Å²) < 4.78 is 15.6. The zero-order valence-corrected chi connectivity index (χ0v) is 13.6. The molecule has 2 amide bonds. The first kappa shape index (κ1) is 16.8. The molecule has 1 aliphatic heterocycles. The molecule has 25 heavy (non-hydrogen) atoms. The minimum absolute atomic E-state index is 0.156. The molecule has 132 valence electrons. The highest BCUT2D eigenvalue weighted by atomic mass is 16.7. The van der Waals surface area contributed by atoms with E-state index in [1.54, 1.807) is 30.3 Å². The van der Waals surface area contributed by atoms with Crippen molar-refractivity contribution in [2.75, 3.05) is 13.3 Å². The SMILES string of the molecule is CC(O)(CNC(=O)C(=O)NCc1ccc2c(c1)OCO2)c1ccco1. The maximum Gasteiger partial charge on any atom is 0.309 e. The smallest absolute Gasteiger partial charge is 0.309 e. The summed E-state index contributed by atoms with van der Waals surface area (Å²) >= 11 is 0. The van der Waals surface area contributed by atoms with Gasteiger partial charge in [-0.1, -0.05) is 6.07 Å². The van der Waals surface area contributed by atoms with Gasteiger partial charge in [-0.2, -0.15) is 0 Å². The van der Waals surface area contributed by atoms with Crippen LogP contribution >= 0.6 is 0 Å². The van der Waals surface area contributed by atoms with Crippen LogP contribution < -0.4 is 20.1 Å². The maximum absolute atomic E-state index is 11.9. The molecule has 2 aromatic rings. The summed E-state index contributed by atoms with van der Waals surface area (Å²) in [6.07, 6.45) is 1.42. The Morgan fingerprint density at radius 1 is 1.16 bits per heavy atom. The quantitative estimate of drug-likeness (QED) is 0.686. The lowest BCUT2D eigenvalue weighted by Gasteiger charge is -2.20. The Balaban J connectivity index is 1.49. The molecule has 0 fully saturated rings. The molecule has 0 saturated carbocycles. The predicted molar refractivity (Wildman–Crippen MR) is 85.7 cm³/mol. The van der Waals surface area contributed by atoms with Gasteiger partial charge in [0.15, 0.2) is 11.5 Å². The summed E-state index contributed by atoms with van der Waals surface area (Å²) in [6, 6.07) is 8.47. The van der Waals surface area contributed by atoms with Gasteiger partial charge in [-0.3, -0.25) is 9.59 Å². The highest BCUT2D eigenvalue weighted by molar-refractivity contribution is 6.35. The molecule has 0 spiro atoms.